The van der Waals surface area contributed by atoms with Crippen LogP contribution in [0.1, 0.15) is 35.6 Å². The summed E-state index contributed by atoms with van der Waals surface area (Å²) in [6.45, 7) is 0.850. The summed E-state index contributed by atoms with van der Waals surface area (Å²) in [4.78, 5) is 0. The van der Waals surface area contributed by atoms with Crippen LogP contribution in [-0.2, 0) is 12.8 Å². The Morgan fingerprint density at radius 3 is 2.65 bits per heavy atom. The second-order valence-electron chi connectivity index (χ2n) is 5.83. The molecule has 0 aromatic heterocycles. The van der Waals surface area contributed by atoms with Crippen LogP contribution in [0.4, 0.5) is 0 Å². The highest BCUT2D eigenvalue weighted by molar-refractivity contribution is 5.67. The molecule has 0 radical (unpaired) electrons. The van der Waals surface area contributed by atoms with Crippen molar-refractivity contribution in [3.05, 3.63) is 53.1 Å². The van der Waals surface area contributed by atoms with E-state index in [1.54, 1.807) is 0 Å². The van der Waals surface area contributed by atoms with Gasteiger partial charge in [-0.1, -0.05) is 24.3 Å². The highest BCUT2D eigenvalue weighted by Crippen LogP contribution is 2.35. The van der Waals surface area contributed by atoms with Gasteiger partial charge in [-0.05, 0) is 65.6 Å². The fourth-order valence-corrected chi connectivity index (χ4v) is 3.37. The van der Waals surface area contributed by atoms with Crippen molar-refractivity contribution in [1.82, 2.24) is 0 Å². The normalized spacial score (nSPS) is 20.1. The first-order valence-corrected chi connectivity index (χ1v) is 7.46. The van der Waals surface area contributed by atoms with Crippen molar-refractivity contribution < 1.29 is 4.74 Å². The largest absolute Gasteiger partial charge is 0.493 e. The molecule has 1 aliphatic heterocycles. The molecule has 1 unspecified atom stereocenters. The number of ether oxygens (including phenoxy) is 1. The Balaban J connectivity index is 1.74. The molecule has 2 N–H and O–H groups in total. The Labute approximate surface area is 119 Å². The molecule has 0 saturated carbocycles. The number of fused-ring (bicyclic) bond motifs is 2. The van der Waals surface area contributed by atoms with Gasteiger partial charge in [0.1, 0.15) is 5.75 Å². The van der Waals surface area contributed by atoms with Gasteiger partial charge in [-0.15, -0.1) is 0 Å². The monoisotopic (exact) mass is 265 g/mol. The molecule has 1 heterocycles. The first-order valence-electron chi connectivity index (χ1n) is 7.46. The molecule has 0 amide bonds. The summed E-state index contributed by atoms with van der Waals surface area (Å²) in [6, 6.07) is 13.5. The van der Waals surface area contributed by atoms with Crippen molar-refractivity contribution in [2.75, 3.05) is 6.61 Å². The van der Waals surface area contributed by atoms with E-state index in [1.165, 1.54) is 27.8 Å². The van der Waals surface area contributed by atoms with Crippen LogP contribution in [-0.4, -0.2) is 6.61 Å². The quantitative estimate of drug-likeness (QED) is 0.854. The van der Waals surface area contributed by atoms with Crippen LogP contribution in [0.3, 0.4) is 0 Å². The van der Waals surface area contributed by atoms with Crippen LogP contribution in [0.2, 0.25) is 0 Å². The van der Waals surface area contributed by atoms with Crippen LogP contribution in [0.15, 0.2) is 36.4 Å². The van der Waals surface area contributed by atoms with E-state index in [2.05, 4.69) is 36.4 Å². The zero-order valence-corrected chi connectivity index (χ0v) is 11.6. The van der Waals surface area contributed by atoms with Gasteiger partial charge >= 0.3 is 0 Å². The molecule has 0 saturated heterocycles. The Kier molecular flexibility index (Phi) is 2.78. The van der Waals surface area contributed by atoms with Gasteiger partial charge in [0.15, 0.2) is 0 Å². The molecule has 1 aliphatic carbocycles. The van der Waals surface area contributed by atoms with Crippen LogP contribution in [0.25, 0.3) is 11.1 Å². The first-order chi connectivity index (χ1) is 9.81. The van der Waals surface area contributed by atoms with Crippen LogP contribution in [0.5, 0.6) is 5.75 Å². The van der Waals surface area contributed by atoms with E-state index in [-0.39, 0.29) is 6.04 Å². The van der Waals surface area contributed by atoms with E-state index in [4.69, 9.17) is 10.5 Å². The molecule has 2 aliphatic rings. The second-order valence-corrected chi connectivity index (χ2v) is 5.83. The van der Waals surface area contributed by atoms with Crippen LogP contribution in [0, 0.1) is 0 Å². The highest BCUT2D eigenvalue weighted by atomic mass is 16.5. The maximum Gasteiger partial charge on any atom is 0.122 e. The number of hydrogen-bond donors (Lipinski definition) is 1. The lowest BCUT2D eigenvalue weighted by Gasteiger charge is -2.18. The molecule has 1 atom stereocenters. The van der Waals surface area contributed by atoms with Gasteiger partial charge in [0.05, 0.1) is 6.61 Å². The van der Waals surface area contributed by atoms with Crippen molar-refractivity contribution in [2.24, 2.45) is 5.73 Å². The third-order valence-corrected chi connectivity index (χ3v) is 4.51. The SMILES string of the molecule is NC1CCc2cc(-c3ccc4c(c3)CCCO4)ccc21. The van der Waals surface area contributed by atoms with E-state index in [0.717, 1.165) is 38.0 Å². The van der Waals surface area contributed by atoms with Gasteiger partial charge in [-0.3, -0.25) is 0 Å². The number of nitrogens with two attached hydrogens (primary N) is 1. The van der Waals surface area contributed by atoms with Crippen molar-refractivity contribution in [2.45, 2.75) is 31.7 Å². The van der Waals surface area contributed by atoms with Crippen molar-refractivity contribution >= 4 is 0 Å². The Morgan fingerprint density at radius 2 is 1.75 bits per heavy atom. The predicted octanol–water partition coefficient (Wildman–Crippen LogP) is 3.62. The summed E-state index contributed by atoms with van der Waals surface area (Å²) in [5.41, 5.74) is 12.8. The smallest absolute Gasteiger partial charge is 0.122 e. The Morgan fingerprint density at radius 1 is 0.950 bits per heavy atom. The summed E-state index contributed by atoms with van der Waals surface area (Å²) < 4.78 is 5.69. The van der Waals surface area contributed by atoms with Crippen molar-refractivity contribution in [1.29, 1.82) is 0 Å². The van der Waals surface area contributed by atoms with E-state index in [1.807, 2.05) is 0 Å². The second kappa shape index (κ2) is 4.64. The topological polar surface area (TPSA) is 35.2 Å². The lowest BCUT2D eigenvalue weighted by atomic mass is 9.96. The minimum atomic E-state index is 0.232. The van der Waals surface area contributed by atoms with E-state index < -0.39 is 0 Å². The maximum absolute atomic E-state index is 6.11. The van der Waals surface area contributed by atoms with Gasteiger partial charge in [-0.2, -0.15) is 0 Å². The molecule has 0 fully saturated rings. The van der Waals surface area contributed by atoms with Crippen LogP contribution < -0.4 is 10.5 Å². The summed E-state index contributed by atoms with van der Waals surface area (Å²) in [5, 5.41) is 0. The molecule has 2 aromatic rings. The summed E-state index contributed by atoms with van der Waals surface area (Å²) >= 11 is 0. The number of benzene rings is 2. The molecule has 2 nitrogen and oxygen atoms in total. The standard InChI is InChI=1S/C18H19NO/c19-17-7-4-14-10-12(3-6-16(14)17)13-5-8-18-15(11-13)2-1-9-20-18/h3,5-6,8,10-11,17H,1-2,4,7,9,19H2. The molecule has 2 heteroatoms. The van der Waals surface area contributed by atoms with Crippen LogP contribution >= 0.6 is 0 Å². The average molecular weight is 265 g/mol. The molecule has 0 bridgehead atoms. The third kappa shape index (κ3) is 1.92. The van der Waals surface area contributed by atoms with Crippen molar-refractivity contribution in [3.63, 3.8) is 0 Å². The number of aryl methyl sites for hydroxylation is 2. The average Bonchev–Trinajstić information content (AvgIpc) is 2.88. The van der Waals surface area contributed by atoms with Crippen molar-refractivity contribution in [3.8, 4) is 16.9 Å². The zero-order chi connectivity index (χ0) is 13.5. The van der Waals surface area contributed by atoms with E-state index in [0.29, 0.717) is 0 Å². The fraction of sp³-hybridized carbons (Fsp3) is 0.333. The highest BCUT2D eigenvalue weighted by Gasteiger charge is 2.19. The fourth-order valence-electron chi connectivity index (χ4n) is 3.37. The minimum absolute atomic E-state index is 0.232. The Bertz CT molecular complexity index is 653. The van der Waals surface area contributed by atoms with E-state index in [9.17, 15) is 0 Å². The predicted molar refractivity (Wildman–Crippen MR) is 80.9 cm³/mol. The van der Waals surface area contributed by atoms with Gasteiger partial charge in [0, 0.05) is 6.04 Å². The maximum atomic E-state index is 6.11. The summed E-state index contributed by atoms with van der Waals surface area (Å²) in [5.74, 6) is 1.06. The molecule has 4 rings (SSSR count). The minimum Gasteiger partial charge on any atom is -0.493 e. The summed E-state index contributed by atoms with van der Waals surface area (Å²) in [6.07, 6.45) is 4.43. The molecule has 0 spiro atoms. The van der Waals surface area contributed by atoms with Gasteiger partial charge in [0.25, 0.3) is 0 Å². The molecular formula is C18H19NO. The van der Waals surface area contributed by atoms with Gasteiger partial charge in [-0.25, -0.2) is 0 Å². The van der Waals surface area contributed by atoms with E-state index >= 15 is 0 Å². The molecule has 102 valence electrons. The Hall–Kier alpha value is -1.80. The zero-order valence-electron chi connectivity index (χ0n) is 11.6. The summed E-state index contributed by atoms with van der Waals surface area (Å²) in [7, 11) is 0. The van der Waals surface area contributed by atoms with Gasteiger partial charge in [0.2, 0.25) is 0 Å². The molecule has 20 heavy (non-hydrogen) atoms. The first kappa shape index (κ1) is 12.0. The van der Waals surface area contributed by atoms with Gasteiger partial charge < -0.3 is 10.5 Å². The molecular weight excluding hydrogens is 246 g/mol. The number of rotatable bonds is 1. The lowest BCUT2D eigenvalue weighted by molar-refractivity contribution is 0.288. The number of hydrogen-bond acceptors (Lipinski definition) is 2. The third-order valence-electron chi connectivity index (χ3n) is 4.51. The molecule has 2 aromatic carbocycles. The lowest BCUT2D eigenvalue weighted by Crippen LogP contribution is -2.08.